The number of hydrogen-bond donors (Lipinski definition) is 2. The summed E-state index contributed by atoms with van der Waals surface area (Å²) in [5.74, 6) is 0.808. The Morgan fingerprint density at radius 2 is 2.35 bits per heavy atom. The van der Waals surface area contributed by atoms with Crippen LogP contribution in [0.2, 0.25) is 0 Å². The maximum atomic E-state index is 5.83. The van der Waals surface area contributed by atoms with Crippen molar-refractivity contribution in [2.24, 2.45) is 4.99 Å². The van der Waals surface area contributed by atoms with Gasteiger partial charge in [0.25, 0.3) is 0 Å². The van der Waals surface area contributed by atoms with E-state index in [4.69, 9.17) is 9.47 Å². The van der Waals surface area contributed by atoms with E-state index < -0.39 is 0 Å². The highest BCUT2D eigenvalue weighted by atomic mass is 32.1. The number of nitrogens with one attached hydrogen (secondary N) is 2. The molecule has 0 amide bonds. The molecule has 2 heterocycles. The quantitative estimate of drug-likeness (QED) is 0.584. The predicted molar refractivity (Wildman–Crippen MR) is 94.4 cm³/mol. The van der Waals surface area contributed by atoms with E-state index in [1.807, 2.05) is 6.92 Å². The fourth-order valence-corrected chi connectivity index (χ4v) is 3.43. The number of aryl methyl sites for hydroxylation is 2. The molecular formula is C16H28N4O2S. The largest absolute Gasteiger partial charge is 0.379 e. The molecule has 7 heteroatoms. The monoisotopic (exact) mass is 340 g/mol. The van der Waals surface area contributed by atoms with Gasteiger partial charge in [0.1, 0.15) is 0 Å². The Labute approximate surface area is 142 Å². The van der Waals surface area contributed by atoms with Crippen LogP contribution in [0.25, 0.3) is 0 Å². The van der Waals surface area contributed by atoms with Crippen molar-refractivity contribution < 1.29 is 9.47 Å². The third-order valence-corrected chi connectivity index (χ3v) is 4.85. The minimum absolute atomic E-state index is 0.203. The van der Waals surface area contributed by atoms with E-state index in [0.29, 0.717) is 13.2 Å². The molecule has 6 nitrogen and oxygen atoms in total. The molecule has 1 aliphatic heterocycles. The van der Waals surface area contributed by atoms with Crippen LogP contribution in [0.5, 0.6) is 0 Å². The molecule has 0 radical (unpaired) electrons. The number of aliphatic imine (C=N–C) groups is 1. The van der Waals surface area contributed by atoms with Gasteiger partial charge in [-0.3, -0.25) is 4.99 Å². The van der Waals surface area contributed by atoms with Gasteiger partial charge in [0.2, 0.25) is 0 Å². The van der Waals surface area contributed by atoms with Gasteiger partial charge in [0, 0.05) is 37.5 Å². The van der Waals surface area contributed by atoms with Gasteiger partial charge in [-0.05, 0) is 27.2 Å². The fourth-order valence-electron chi connectivity index (χ4n) is 2.49. The van der Waals surface area contributed by atoms with Gasteiger partial charge in [0.15, 0.2) is 5.96 Å². The van der Waals surface area contributed by atoms with Crippen molar-refractivity contribution in [2.45, 2.75) is 45.8 Å². The maximum Gasteiger partial charge on any atom is 0.191 e. The van der Waals surface area contributed by atoms with Gasteiger partial charge >= 0.3 is 0 Å². The van der Waals surface area contributed by atoms with Gasteiger partial charge in [-0.1, -0.05) is 0 Å². The zero-order chi connectivity index (χ0) is 16.7. The van der Waals surface area contributed by atoms with Crippen molar-refractivity contribution in [1.29, 1.82) is 0 Å². The van der Waals surface area contributed by atoms with Crippen LogP contribution in [0.15, 0.2) is 4.99 Å². The molecule has 0 spiro atoms. The maximum absolute atomic E-state index is 5.83. The van der Waals surface area contributed by atoms with E-state index in [-0.39, 0.29) is 12.1 Å². The van der Waals surface area contributed by atoms with E-state index in [1.54, 1.807) is 18.4 Å². The number of hydrogen-bond acceptors (Lipinski definition) is 5. The average Bonchev–Trinajstić information content (AvgIpc) is 3.14. The van der Waals surface area contributed by atoms with Crippen LogP contribution in [-0.4, -0.2) is 56.5 Å². The Morgan fingerprint density at radius 3 is 2.96 bits per heavy atom. The topological polar surface area (TPSA) is 67.8 Å². The minimum atomic E-state index is 0.203. The van der Waals surface area contributed by atoms with E-state index in [1.165, 1.54) is 4.88 Å². The van der Waals surface area contributed by atoms with Crippen LogP contribution in [-0.2, 0) is 15.9 Å². The summed E-state index contributed by atoms with van der Waals surface area (Å²) in [7, 11) is 1.79. The van der Waals surface area contributed by atoms with Crippen molar-refractivity contribution in [3.05, 3.63) is 15.6 Å². The zero-order valence-corrected chi connectivity index (χ0v) is 15.3. The second-order valence-electron chi connectivity index (χ2n) is 5.85. The Kier molecular flexibility index (Phi) is 7.26. The van der Waals surface area contributed by atoms with Gasteiger partial charge in [-0.2, -0.15) is 0 Å². The van der Waals surface area contributed by atoms with Gasteiger partial charge in [0.05, 0.1) is 30.0 Å². The predicted octanol–water partition coefficient (Wildman–Crippen LogP) is 1.66. The normalized spacial score (nSPS) is 19.8. The number of rotatable bonds is 7. The van der Waals surface area contributed by atoms with Crippen LogP contribution >= 0.6 is 11.3 Å². The van der Waals surface area contributed by atoms with Crippen molar-refractivity contribution in [3.63, 3.8) is 0 Å². The zero-order valence-electron chi connectivity index (χ0n) is 14.5. The highest BCUT2D eigenvalue weighted by Crippen LogP contribution is 2.17. The Bertz CT molecular complexity index is 512. The summed E-state index contributed by atoms with van der Waals surface area (Å²) in [6, 6.07) is 0.203. The highest BCUT2D eigenvalue weighted by Gasteiger charge is 2.17. The lowest BCUT2D eigenvalue weighted by Crippen LogP contribution is -2.45. The standard InChI is InChI=1S/C16H28N4O2S/c1-11(9-22-14-6-8-21-10-14)19-16(17-4)18-7-5-15-12(2)20-13(3)23-15/h11,14H,5-10H2,1-4H3,(H2,17,18,19). The first-order valence-electron chi connectivity index (χ1n) is 8.18. The molecule has 2 unspecified atom stereocenters. The highest BCUT2D eigenvalue weighted by molar-refractivity contribution is 7.11. The number of thiazole rings is 1. The third kappa shape index (κ3) is 6.08. The first-order valence-corrected chi connectivity index (χ1v) is 8.99. The molecule has 2 N–H and O–H groups in total. The van der Waals surface area contributed by atoms with Crippen LogP contribution in [0.3, 0.4) is 0 Å². The summed E-state index contributed by atoms with van der Waals surface area (Å²) >= 11 is 1.77. The number of nitrogens with zero attached hydrogens (tertiary/aromatic N) is 2. The Morgan fingerprint density at radius 1 is 1.52 bits per heavy atom. The lowest BCUT2D eigenvalue weighted by atomic mass is 10.3. The molecule has 2 atom stereocenters. The van der Waals surface area contributed by atoms with E-state index in [2.05, 4.69) is 34.5 Å². The first-order chi connectivity index (χ1) is 11.1. The molecule has 0 aromatic carbocycles. The van der Waals surface area contributed by atoms with Crippen LogP contribution in [0, 0.1) is 13.8 Å². The van der Waals surface area contributed by atoms with Gasteiger partial charge in [-0.25, -0.2) is 4.98 Å². The van der Waals surface area contributed by atoms with Crippen LogP contribution in [0.4, 0.5) is 0 Å². The number of guanidine groups is 1. The SMILES string of the molecule is CN=C(NCCc1sc(C)nc1C)NC(C)COC1CCOC1. The summed E-state index contributed by atoms with van der Waals surface area (Å²) in [5, 5.41) is 7.83. The first kappa shape index (κ1) is 18.2. The van der Waals surface area contributed by atoms with E-state index >= 15 is 0 Å². The smallest absolute Gasteiger partial charge is 0.191 e. The lowest BCUT2D eigenvalue weighted by Gasteiger charge is -2.19. The van der Waals surface area contributed by atoms with Crippen molar-refractivity contribution in [1.82, 2.24) is 15.6 Å². The number of aromatic nitrogens is 1. The summed E-state index contributed by atoms with van der Waals surface area (Å²) in [4.78, 5) is 10.1. The summed E-state index contributed by atoms with van der Waals surface area (Å²) in [6.07, 6.45) is 2.20. The average molecular weight is 340 g/mol. The molecule has 0 saturated carbocycles. The second kappa shape index (κ2) is 9.20. The molecule has 1 saturated heterocycles. The lowest BCUT2D eigenvalue weighted by molar-refractivity contribution is 0.0347. The van der Waals surface area contributed by atoms with Crippen molar-refractivity contribution >= 4 is 17.3 Å². The molecular weight excluding hydrogens is 312 g/mol. The number of ether oxygens (including phenoxy) is 2. The van der Waals surface area contributed by atoms with E-state index in [9.17, 15) is 0 Å². The third-order valence-electron chi connectivity index (χ3n) is 3.72. The van der Waals surface area contributed by atoms with E-state index in [0.717, 1.165) is 42.7 Å². The molecule has 1 fully saturated rings. The summed E-state index contributed by atoms with van der Waals surface area (Å²) in [6.45, 7) is 9.23. The minimum Gasteiger partial charge on any atom is -0.379 e. The molecule has 1 aromatic heterocycles. The molecule has 0 aliphatic carbocycles. The molecule has 2 rings (SSSR count). The summed E-state index contributed by atoms with van der Waals surface area (Å²) < 4.78 is 11.1. The van der Waals surface area contributed by atoms with Gasteiger partial charge < -0.3 is 20.1 Å². The van der Waals surface area contributed by atoms with Crippen LogP contribution < -0.4 is 10.6 Å². The Balaban J connectivity index is 1.67. The second-order valence-corrected chi connectivity index (χ2v) is 7.14. The van der Waals surface area contributed by atoms with Gasteiger partial charge in [-0.15, -0.1) is 11.3 Å². The van der Waals surface area contributed by atoms with Crippen molar-refractivity contribution in [3.8, 4) is 0 Å². The molecule has 130 valence electrons. The molecule has 23 heavy (non-hydrogen) atoms. The Hall–Kier alpha value is -1.18. The molecule has 1 aromatic rings. The molecule has 0 bridgehead atoms. The summed E-state index contributed by atoms with van der Waals surface area (Å²) in [5.41, 5.74) is 1.14. The fraction of sp³-hybridized carbons (Fsp3) is 0.750. The molecule has 1 aliphatic rings. The van der Waals surface area contributed by atoms with Crippen molar-refractivity contribution in [2.75, 3.05) is 33.4 Å². The van der Waals surface area contributed by atoms with Crippen LogP contribution in [0.1, 0.15) is 28.9 Å².